The van der Waals surface area contributed by atoms with Gasteiger partial charge < -0.3 is 15.1 Å². The van der Waals surface area contributed by atoms with Crippen LogP contribution in [0.3, 0.4) is 0 Å². The molecule has 1 unspecified atom stereocenters. The monoisotopic (exact) mass is 420 g/mol. The van der Waals surface area contributed by atoms with Crippen LogP contribution in [0.4, 0.5) is 5.69 Å². The number of thiocarbonyl (C=S) groups is 1. The average Bonchev–Trinajstić information content (AvgIpc) is 2.75. The van der Waals surface area contributed by atoms with E-state index in [1.807, 2.05) is 41.1 Å². The van der Waals surface area contributed by atoms with E-state index in [1.54, 1.807) is 0 Å². The lowest BCUT2D eigenvalue weighted by molar-refractivity contribution is -0.144. The Morgan fingerprint density at radius 1 is 1.10 bits per heavy atom. The Morgan fingerprint density at radius 3 is 2.34 bits per heavy atom. The Bertz CT molecular complexity index is 737. The van der Waals surface area contributed by atoms with E-state index >= 15 is 0 Å². The molecule has 9 heteroatoms. The molecular weight excluding hydrogens is 392 g/mol. The van der Waals surface area contributed by atoms with Crippen LogP contribution >= 0.6 is 12.2 Å². The number of likely N-dealkylation sites (N-methyl/N-ethyl adjacent to an activating group) is 1. The lowest BCUT2D eigenvalue weighted by Gasteiger charge is -2.30. The van der Waals surface area contributed by atoms with E-state index in [0.29, 0.717) is 39.0 Å². The number of aliphatic carboxylic acids is 2. The highest BCUT2D eigenvalue weighted by molar-refractivity contribution is 7.78. The molecule has 0 radical (unpaired) electrons. The zero-order valence-electron chi connectivity index (χ0n) is 16.7. The van der Waals surface area contributed by atoms with Crippen LogP contribution < -0.4 is 0 Å². The normalized spacial score (nSPS) is 18.1. The van der Waals surface area contributed by atoms with Crippen molar-refractivity contribution >= 4 is 35.0 Å². The largest absolute Gasteiger partial charge is 0.480 e. The van der Waals surface area contributed by atoms with Gasteiger partial charge in [0.2, 0.25) is 0 Å². The first kappa shape index (κ1) is 23.1. The Labute approximate surface area is 176 Å². The third-order valence-corrected chi connectivity index (χ3v) is 5.26. The van der Waals surface area contributed by atoms with Gasteiger partial charge in [0, 0.05) is 39.3 Å². The molecule has 1 heterocycles. The average molecular weight is 421 g/mol. The maximum Gasteiger partial charge on any atom is 0.320 e. The minimum atomic E-state index is -0.866. The number of hydrogen-bond acceptors (Lipinski definition) is 7. The van der Waals surface area contributed by atoms with Gasteiger partial charge in [-0.15, -0.1) is 0 Å². The molecule has 0 aliphatic carbocycles. The molecule has 0 amide bonds. The highest BCUT2D eigenvalue weighted by Gasteiger charge is 2.27. The van der Waals surface area contributed by atoms with Crippen molar-refractivity contribution in [2.45, 2.75) is 18.9 Å². The lowest BCUT2D eigenvalue weighted by atomic mass is 10.0. The summed E-state index contributed by atoms with van der Waals surface area (Å²) >= 11 is 4.60. The molecule has 0 aromatic heterocycles. The number of rotatable bonds is 8. The number of carboxylic acids is 2. The van der Waals surface area contributed by atoms with Gasteiger partial charge in [-0.1, -0.05) is 12.1 Å². The summed E-state index contributed by atoms with van der Waals surface area (Å²) < 4.78 is 0. The number of isothiocyanates is 1. The molecule has 1 fully saturated rings. The predicted molar refractivity (Wildman–Crippen MR) is 114 cm³/mol. The van der Waals surface area contributed by atoms with E-state index in [-0.39, 0.29) is 6.54 Å². The number of nitrogens with zero attached hydrogens (tertiary/aromatic N) is 4. The van der Waals surface area contributed by atoms with Gasteiger partial charge in [-0.3, -0.25) is 19.4 Å². The number of aliphatic imine (C=N–C) groups is 1. The fourth-order valence-electron chi connectivity index (χ4n) is 3.43. The molecule has 0 bridgehead atoms. The highest BCUT2D eigenvalue weighted by Crippen LogP contribution is 2.16. The van der Waals surface area contributed by atoms with Gasteiger partial charge in [0.05, 0.1) is 17.4 Å². The van der Waals surface area contributed by atoms with Crippen molar-refractivity contribution in [2.24, 2.45) is 4.99 Å². The summed E-state index contributed by atoms with van der Waals surface area (Å²) in [4.78, 5) is 32.9. The minimum absolute atomic E-state index is 0.0318. The summed E-state index contributed by atoms with van der Waals surface area (Å²) in [7, 11) is 1.97. The standard InChI is InChI=1S/C20H28N4O4S/c1-22-8-10-23(14-19(25)26)11-13-24(12-9-22)18(20(27)28)7-4-16-2-5-17(6-3-16)21-15-29/h2-3,5-6,18H,4,7-14H2,1H3,(H,25,26)(H,27,28). The lowest BCUT2D eigenvalue weighted by Crippen LogP contribution is -2.47. The molecule has 8 nitrogen and oxygen atoms in total. The van der Waals surface area contributed by atoms with Gasteiger partial charge in [0.15, 0.2) is 0 Å². The predicted octanol–water partition coefficient (Wildman–Crippen LogP) is 1.44. The second-order valence-electron chi connectivity index (χ2n) is 7.27. The topological polar surface area (TPSA) is 96.7 Å². The summed E-state index contributed by atoms with van der Waals surface area (Å²) in [5.74, 6) is -1.71. The minimum Gasteiger partial charge on any atom is -0.480 e. The molecular formula is C20H28N4O4S. The van der Waals surface area contributed by atoms with Crippen molar-refractivity contribution < 1.29 is 19.8 Å². The zero-order chi connectivity index (χ0) is 21.2. The maximum absolute atomic E-state index is 12.0. The van der Waals surface area contributed by atoms with E-state index in [0.717, 1.165) is 24.3 Å². The third-order valence-electron chi connectivity index (χ3n) is 5.17. The summed E-state index contributed by atoms with van der Waals surface area (Å²) in [6.07, 6.45) is 1.11. The van der Waals surface area contributed by atoms with Crippen LogP contribution in [0, 0.1) is 0 Å². The fourth-order valence-corrected chi connectivity index (χ4v) is 3.54. The van der Waals surface area contributed by atoms with E-state index in [1.165, 1.54) is 0 Å². The SMILES string of the molecule is CN1CCN(CC(=O)O)CCN(C(CCc2ccc(N=C=S)cc2)C(=O)O)CC1. The van der Waals surface area contributed by atoms with Gasteiger partial charge in [-0.25, -0.2) is 0 Å². The zero-order valence-corrected chi connectivity index (χ0v) is 17.5. The second-order valence-corrected chi connectivity index (χ2v) is 7.45. The van der Waals surface area contributed by atoms with Gasteiger partial charge in [0.25, 0.3) is 0 Å². The van der Waals surface area contributed by atoms with Crippen molar-refractivity contribution in [1.82, 2.24) is 14.7 Å². The summed E-state index contributed by atoms with van der Waals surface area (Å²) in [6, 6.07) is 6.90. The maximum atomic E-state index is 12.0. The molecule has 2 rings (SSSR count). The van der Waals surface area contributed by atoms with Crippen LogP contribution in [0.2, 0.25) is 0 Å². The molecule has 29 heavy (non-hydrogen) atoms. The van der Waals surface area contributed by atoms with Crippen molar-refractivity contribution in [3.63, 3.8) is 0 Å². The molecule has 1 aromatic rings. The molecule has 1 atom stereocenters. The van der Waals surface area contributed by atoms with Crippen LogP contribution in [0.5, 0.6) is 0 Å². The highest BCUT2D eigenvalue weighted by atomic mass is 32.1. The molecule has 158 valence electrons. The first-order valence-electron chi connectivity index (χ1n) is 9.65. The van der Waals surface area contributed by atoms with E-state index in [4.69, 9.17) is 5.11 Å². The molecule has 1 aliphatic rings. The Hall–Kier alpha value is -2.16. The molecule has 0 saturated carbocycles. The van der Waals surface area contributed by atoms with Crippen molar-refractivity contribution in [1.29, 1.82) is 0 Å². The molecule has 0 spiro atoms. The Morgan fingerprint density at radius 2 is 1.72 bits per heavy atom. The van der Waals surface area contributed by atoms with Gasteiger partial charge in [-0.05, 0) is 49.8 Å². The van der Waals surface area contributed by atoms with Crippen LogP contribution in [0.1, 0.15) is 12.0 Å². The van der Waals surface area contributed by atoms with Gasteiger partial charge >= 0.3 is 11.9 Å². The van der Waals surface area contributed by atoms with Gasteiger partial charge in [-0.2, -0.15) is 4.99 Å². The first-order chi connectivity index (χ1) is 13.9. The molecule has 1 aliphatic heterocycles. The summed E-state index contributed by atoms with van der Waals surface area (Å²) in [6.45, 7) is 3.83. The Balaban J connectivity index is 2.04. The van der Waals surface area contributed by atoms with E-state index in [2.05, 4.69) is 27.3 Å². The van der Waals surface area contributed by atoms with E-state index < -0.39 is 18.0 Å². The first-order valence-corrected chi connectivity index (χ1v) is 10.1. The van der Waals surface area contributed by atoms with Crippen molar-refractivity contribution in [3.05, 3.63) is 29.8 Å². The van der Waals surface area contributed by atoms with Crippen molar-refractivity contribution in [3.8, 4) is 0 Å². The van der Waals surface area contributed by atoms with Crippen LogP contribution in [-0.4, -0.2) is 101 Å². The Kier molecular flexibility index (Phi) is 9.37. The number of benzene rings is 1. The van der Waals surface area contributed by atoms with Crippen LogP contribution in [0.25, 0.3) is 0 Å². The molecule has 2 N–H and O–H groups in total. The fraction of sp³-hybridized carbons (Fsp3) is 0.550. The van der Waals surface area contributed by atoms with Crippen molar-refractivity contribution in [2.75, 3.05) is 52.9 Å². The number of carboxylic acid groups (broad SMARTS) is 2. The number of aryl methyl sites for hydroxylation is 1. The molecule has 1 aromatic carbocycles. The smallest absolute Gasteiger partial charge is 0.320 e. The number of carbonyl (C=O) groups is 2. The summed E-state index contributed by atoms with van der Waals surface area (Å²) in [5, 5.41) is 21.3. The second kappa shape index (κ2) is 11.7. The quantitative estimate of drug-likeness (QED) is 0.482. The number of hydrogen-bond donors (Lipinski definition) is 2. The van der Waals surface area contributed by atoms with Gasteiger partial charge in [0.1, 0.15) is 6.04 Å². The third kappa shape index (κ3) is 8.00. The van der Waals surface area contributed by atoms with E-state index in [9.17, 15) is 14.7 Å². The summed E-state index contributed by atoms with van der Waals surface area (Å²) in [5.41, 5.74) is 1.76. The van der Waals surface area contributed by atoms with Crippen LogP contribution in [0.15, 0.2) is 29.3 Å². The molecule has 1 saturated heterocycles. The van der Waals surface area contributed by atoms with Crippen LogP contribution in [-0.2, 0) is 16.0 Å².